The molecule has 26 heavy (non-hydrogen) atoms. The number of aliphatic hydroxyl groups is 1. The molecule has 5 nitrogen and oxygen atoms in total. The largest absolute Gasteiger partial charge is 0.396 e. The summed E-state index contributed by atoms with van der Waals surface area (Å²) in [6, 6.07) is 8.63. The summed E-state index contributed by atoms with van der Waals surface area (Å²) in [5.74, 6) is 1.33. The summed E-state index contributed by atoms with van der Waals surface area (Å²) in [6.07, 6.45) is 7.51. The zero-order valence-electron chi connectivity index (χ0n) is 16.2. The van der Waals surface area contributed by atoms with Gasteiger partial charge in [0.15, 0.2) is 5.96 Å². The smallest absolute Gasteiger partial charge is 0.191 e. The average molecular weight is 359 g/mol. The standard InChI is InChI=1S/C21H34N4O/c1-3-8-18(11-14-26)16-23-21(22-4-2)24-17-19-9-7-10-20(15-19)25-12-5-6-13-25/h5-7,9-10,15,18,26H,3-4,8,11-14,16-17H2,1-2H3,(H2,22,23,24). The lowest BCUT2D eigenvalue weighted by atomic mass is 10.0. The van der Waals surface area contributed by atoms with Gasteiger partial charge < -0.3 is 20.6 Å². The van der Waals surface area contributed by atoms with Crippen LogP contribution in [0.3, 0.4) is 0 Å². The Kier molecular flexibility index (Phi) is 9.04. The fraction of sp³-hybridized carbons (Fsp3) is 0.571. The van der Waals surface area contributed by atoms with Gasteiger partial charge in [-0.1, -0.05) is 37.6 Å². The van der Waals surface area contributed by atoms with Crippen molar-refractivity contribution in [1.29, 1.82) is 0 Å². The Balaban J connectivity index is 1.94. The van der Waals surface area contributed by atoms with Crippen molar-refractivity contribution in [2.45, 2.75) is 39.7 Å². The van der Waals surface area contributed by atoms with E-state index < -0.39 is 0 Å². The monoisotopic (exact) mass is 358 g/mol. The van der Waals surface area contributed by atoms with E-state index in [1.807, 2.05) is 0 Å². The van der Waals surface area contributed by atoms with Crippen LogP contribution in [0.1, 0.15) is 38.7 Å². The fourth-order valence-electron chi connectivity index (χ4n) is 3.23. The van der Waals surface area contributed by atoms with E-state index in [2.05, 4.69) is 65.8 Å². The topological polar surface area (TPSA) is 59.9 Å². The van der Waals surface area contributed by atoms with E-state index in [9.17, 15) is 5.11 Å². The Morgan fingerprint density at radius 3 is 2.69 bits per heavy atom. The van der Waals surface area contributed by atoms with Crippen LogP contribution in [0.4, 0.5) is 5.69 Å². The van der Waals surface area contributed by atoms with Gasteiger partial charge in [0.1, 0.15) is 0 Å². The molecular weight excluding hydrogens is 324 g/mol. The molecule has 0 spiro atoms. The number of rotatable bonds is 10. The summed E-state index contributed by atoms with van der Waals surface area (Å²) >= 11 is 0. The van der Waals surface area contributed by atoms with Crippen LogP contribution in [0.2, 0.25) is 0 Å². The molecule has 0 saturated heterocycles. The molecule has 5 heteroatoms. The fourth-order valence-corrected chi connectivity index (χ4v) is 3.23. The normalized spacial score (nSPS) is 15.3. The van der Waals surface area contributed by atoms with Gasteiger partial charge in [0.05, 0.1) is 6.54 Å². The molecule has 1 aliphatic heterocycles. The van der Waals surface area contributed by atoms with Gasteiger partial charge in [-0.15, -0.1) is 0 Å². The van der Waals surface area contributed by atoms with E-state index in [0.29, 0.717) is 12.5 Å². The third-order valence-electron chi connectivity index (χ3n) is 4.65. The maximum Gasteiger partial charge on any atom is 0.191 e. The number of benzene rings is 1. The lowest BCUT2D eigenvalue weighted by Crippen LogP contribution is -2.40. The second-order valence-corrected chi connectivity index (χ2v) is 6.79. The number of aliphatic imine (C=N–C) groups is 1. The van der Waals surface area contributed by atoms with Crippen molar-refractivity contribution in [3.05, 3.63) is 42.0 Å². The first kappa shape index (κ1) is 20.3. The van der Waals surface area contributed by atoms with E-state index in [-0.39, 0.29) is 6.61 Å². The van der Waals surface area contributed by atoms with Gasteiger partial charge in [-0.2, -0.15) is 0 Å². The van der Waals surface area contributed by atoms with Crippen LogP contribution in [-0.4, -0.2) is 43.9 Å². The van der Waals surface area contributed by atoms with Crippen molar-refractivity contribution in [3.63, 3.8) is 0 Å². The molecule has 1 aromatic carbocycles. The first-order chi connectivity index (χ1) is 12.8. The molecule has 2 rings (SSSR count). The molecule has 3 N–H and O–H groups in total. The minimum absolute atomic E-state index is 0.248. The van der Waals surface area contributed by atoms with Gasteiger partial charge >= 0.3 is 0 Å². The number of nitrogens with zero attached hydrogens (tertiary/aromatic N) is 2. The van der Waals surface area contributed by atoms with E-state index in [1.54, 1.807) is 0 Å². The highest BCUT2D eigenvalue weighted by Gasteiger charge is 2.09. The zero-order chi connectivity index (χ0) is 18.6. The molecule has 144 valence electrons. The Labute approximate surface area is 158 Å². The maximum absolute atomic E-state index is 9.22. The maximum atomic E-state index is 9.22. The SMILES string of the molecule is CCCC(CCO)CNC(=NCc1cccc(N2CC=CC2)c1)NCC. The van der Waals surface area contributed by atoms with Gasteiger partial charge in [-0.3, -0.25) is 0 Å². The number of guanidine groups is 1. The lowest BCUT2D eigenvalue weighted by Gasteiger charge is -2.19. The Morgan fingerprint density at radius 1 is 1.19 bits per heavy atom. The molecule has 1 aliphatic rings. The summed E-state index contributed by atoms with van der Waals surface area (Å²) in [5, 5.41) is 16.0. The van der Waals surface area contributed by atoms with Crippen molar-refractivity contribution in [1.82, 2.24) is 10.6 Å². The number of hydrogen-bond acceptors (Lipinski definition) is 3. The summed E-state index contributed by atoms with van der Waals surface area (Å²) < 4.78 is 0. The predicted molar refractivity (Wildman–Crippen MR) is 111 cm³/mol. The van der Waals surface area contributed by atoms with Gasteiger partial charge in [0, 0.05) is 38.5 Å². The van der Waals surface area contributed by atoms with Gasteiger partial charge in [-0.25, -0.2) is 4.99 Å². The highest BCUT2D eigenvalue weighted by atomic mass is 16.3. The Hall–Kier alpha value is -2.01. The summed E-state index contributed by atoms with van der Waals surface area (Å²) in [4.78, 5) is 7.09. The van der Waals surface area contributed by atoms with Crippen molar-refractivity contribution in [2.24, 2.45) is 10.9 Å². The molecule has 0 aliphatic carbocycles. The Morgan fingerprint density at radius 2 is 2.00 bits per heavy atom. The van der Waals surface area contributed by atoms with E-state index in [0.717, 1.165) is 51.4 Å². The first-order valence-corrected chi connectivity index (χ1v) is 9.88. The second-order valence-electron chi connectivity index (χ2n) is 6.79. The van der Waals surface area contributed by atoms with E-state index in [1.165, 1.54) is 11.3 Å². The van der Waals surface area contributed by atoms with Crippen molar-refractivity contribution in [2.75, 3.05) is 37.7 Å². The van der Waals surface area contributed by atoms with E-state index >= 15 is 0 Å². The number of anilines is 1. The lowest BCUT2D eigenvalue weighted by molar-refractivity contribution is 0.251. The molecule has 0 saturated carbocycles. The number of nitrogens with one attached hydrogen (secondary N) is 2. The first-order valence-electron chi connectivity index (χ1n) is 9.88. The van der Waals surface area contributed by atoms with Crippen molar-refractivity contribution < 1.29 is 5.11 Å². The molecule has 0 bridgehead atoms. The van der Waals surface area contributed by atoms with Crippen LogP contribution in [0.5, 0.6) is 0 Å². The highest BCUT2D eigenvalue weighted by molar-refractivity contribution is 5.79. The average Bonchev–Trinajstić information content (AvgIpc) is 3.19. The van der Waals surface area contributed by atoms with Crippen molar-refractivity contribution >= 4 is 11.6 Å². The molecule has 1 aromatic rings. The zero-order valence-corrected chi connectivity index (χ0v) is 16.2. The van der Waals surface area contributed by atoms with Crippen LogP contribution < -0.4 is 15.5 Å². The van der Waals surface area contributed by atoms with Gasteiger partial charge in [-0.05, 0) is 43.4 Å². The van der Waals surface area contributed by atoms with Crippen LogP contribution in [0.15, 0.2) is 41.4 Å². The minimum Gasteiger partial charge on any atom is -0.396 e. The molecule has 0 fully saturated rings. The molecule has 0 aromatic heterocycles. The molecule has 0 radical (unpaired) electrons. The quantitative estimate of drug-likeness (QED) is 0.342. The molecular formula is C21H34N4O. The van der Waals surface area contributed by atoms with Crippen LogP contribution in [0.25, 0.3) is 0 Å². The predicted octanol–water partition coefficient (Wildman–Crippen LogP) is 2.92. The number of hydrogen-bond donors (Lipinski definition) is 3. The Bertz CT molecular complexity index is 571. The molecule has 0 amide bonds. The van der Waals surface area contributed by atoms with Crippen LogP contribution in [-0.2, 0) is 6.54 Å². The molecule has 1 atom stereocenters. The minimum atomic E-state index is 0.248. The van der Waals surface area contributed by atoms with Gasteiger partial charge in [0.2, 0.25) is 0 Å². The summed E-state index contributed by atoms with van der Waals surface area (Å²) in [6.45, 7) is 8.83. The van der Waals surface area contributed by atoms with E-state index in [4.69, 9.17) is 4.99 Å². The van der Waals surface area contributed by atoms with Crippen LogP contribution in [0, 0.1) is 5.92 Å². The van der Waals surface area contributed by atoms with Gasteiger partial charge in [0.25, 0.3) is 0 Å². The van der Waals surface area contributed by atoms with Crippen LogP contribution >= 0.6 is 0 Å². The summed E-state index contributed by atoms with van der Waals surface area (Å²) in [7, 11) is 0. The second kappa shape index (κ2) is 11.6. The third-order valence-corrected chi connectivity index (χ3v) is 4.65. The third kappa shape index (κ3) is 6.71. The molecule has 1 heterocycles. The van der Waals surface area contributed by atoms with Crippen molar-refractivity contribution in [3.8, 4) is 0 Å². The highest BCUT2D eigenvalue weighted by Crippen LogP contribution is 2.19. The molecule has 1 unspecified atom stereocenters. The summed E-state index contributed by atoms with van der Waals surface area (Å²) in [5.41, 5.74) is 2.47. The number of aliphatic hydroxyl groups excluding tert-OH is 1.